The van der Waals surface area contributed by atoms with Crippen LogP contribution in [0.1, 0.15) is 26.7 Å². The first-order valence-corrected chi connectivity index (χ1v) is 7.84. The van der Waals surface area contributed by atoms with E-state index < -0.39 is 8.80 Å². The molecule has 1 heterocycles. The highest BCUT2D eigenvalue weighted by atomic mass is 28.4. The minimum atomic E-state index is -2.49. The van der Waals surface area contributed by atoms with E-state index in [-0.39, 0.29) is 0 Å². The summed E-state index contributed by atoms with van der Waals surface area (Å²) in [6.07, 6.45) is 2.49. The zero-order valence-electron chi connectivity index (χ0n) is 11.2. The Hall–Kier alpha value is 0.0569. The van der Waals surface area contributed by atoms with Crippen LogP contribution in [-0.4, -0.2) is 54.2 Å². The largest absolute Gasteiger partial charge is 0.504 e. The third-order valence-corrected chi connectivity index (χ3v) is 7.02. The van der Waals surface area contributed by atoms with E-state index in [1.165, 1.54) is 19.4 Å². The molecule has 0 aliphatic carbocycles. The normalized spacial score (nSPS) is 24.9. The zero-order valence-corrected chi connectivity index (χ0v) is 12.2. The minimum absolute atomic E-state index is 0.329. The van der Waals surface area contributed by atoms with Crippen molar-refractivity contribution in [1.82, 2.24) is 4.90 Å². The topological polar surface area (TPSA) is 30.9 Å². The van der Waals surface area contributed by atoms with Gasteiger partial charge in [0.05, 0.1) is 0 Å². The molecule has 0 amide bonds. The maximum Gasteiger partial charge on any atom is 0.504 e. The second-order valence-corrected chi connectivity index (χ2v) is 7.69. The van der Waals surface area contributed by atoms with Crippen LogP contribution in [0.4, 0.5) is 0 Å². The van der Waals surface area contributed by atoms with Crippen LogP contribution in [-0.2, 0) is 13.3 Å². The Balaban J connectivity index is 2.77. The van der Waals surface area contributed by atoms with Gasteiger partial charge in [0.15, 0.2) is 0 Å². The van der Waals surface area contributed by atoms with Crippen LogP contribution in [0.25, 0.3) is 0 Å². The summed E-state index contributed by atoms with van der Waals surface area (Å²) in [6.45, 7) is 6.69. The van der Waals surface area contributed by atoms with Crippen molar-refractivity contribution in [3.63, 3.8) is 0 Å². The molecule has 5 heteroatoms. The van der Waals surface area contributed by atoms with E-state index in [2.05, 4.69) is 18.7 Å². The van der Waals surface area contributed by atoms with Crippen molar-refractivity contribution in [2.24, 2.45) is 0 Å². The highest BCUT2D eigenvalue weighted by molar-refractivity contribution is 6.62. The molecule has 96 valence electrons. The summed E-state index contributed by atoms with van der Waals surface area (Å²) in [5.74, 6) is 0. The van der Waals surface area contributed by atoms with Gasteiger partial charge in [0.1, 0.15) is 0 Å². The van der Waals surface area contributed by atoms with E-state index in [0.717, 1.165) is 6.54 Å². The Morgan fingerprint density at radius 1 is 1.25 bits per heavy atom. The highest BCUT2D eigenvalue weighted by Crippen LogP contribution is 2.35. The van der Waals surface area contributed by atoms with Crippen LogP contribution in [0.3, 0.4) is 0 Å². The molecule has 0 aromatic rings. The average Bonchev–Trinajstić information content (AvgIpc) is 2.79. The van der Waals surface area contributed by atoms with Gasteiger partial charge in [0.2, 0.25) is 0 Å². The molecule has 1 rings (SSSR count). The van der Waals surface area contributed by atoms with E-state index >= 15 is 0 Å². The Labute approximate surface area is 100 Å². The minimum Gasteiger partial charge on any atom is -0.377 e. The molecule has 0 aromatic carbocycles. The lowest BCUT2D eigenvalue weighted by Gasteiger charge is -2.37. The van der Waals surface area contributed by atoms with E-state index in [1.54, 1.807) is 21.3 Å². The third-order valence-electron chi connectivity index (χ3n) is 3.81. The molecule has 0 radical (unpaired) electrons. The number of hydrogen-bond acceptors (Lipinski definition) is 4. The van der Waals surface area contributed by atoms with Crippen molar-refractivity contribution in [1.29, 1.82) is 0 Å². The first-order chi connectivity index (χ1) is 7.65. The molecule has 2 unspecified atom stereocenters. The van der Waals surface area contributed by atoms with Gasteiger partial charge in [0, 0.05) is 32.9 Å². The van der Waals surface area contributed by atoms with Crippen LogP contribution in [0, 0.1) is 0 Å². The molecular weight excluding hydrogens is 222 g/mol. The summed E-state index contributed by atoms with van der Waals surface area (Å²) in [5, 5.41) is 0. The first kappa shape index (κ1) is 14.1. The van der Waals surface area contributed by atoms with Crippen LogP contribution < -0.4 is 0 Å². The molecule has 0 spiro atoms. The molecule has 16 heavy (non-hydrogen) atoms. The predicted octanol–water partition coefficient (Wildman–Crippen LogP) is 1.74. The van der Waals surface area contributed by atoms with E-state index in [4.69, 9.17) is 13.3 Å². The van der Waals surface area contributed by atoms with Gasteiger partial charge in [-0.2, -0.15) is 0 Å². The van der Waals surface area contributed by atoms with Gasteiger partial charge in [-0.3, -0.25) is 0 Å². The monoisotopic (exact) mass is 247 g/mol. The van der Waals surface area contributed by atoms with Gasteiger partial charge in [-0.25, -0.2) is 0 Å². The second-order valence-electron chi connectivity index (χ2n) is 4.34. The van der Waals surface area contributed by atoms with Gasteiger partial charge >= 0.3 is 8.80 Å². The molecule has 0 aromatic heterocycles. The smallest absolute Gasteiger partial charge is 0.377 e. The van der Waals surface area contributed by atoms with E-state index in [0.29, 0.717) is 11.6 Å². The van der Waals surface area contributed by atoms with Crippen molar-refractivity contribution in [2.75, 3.05) is 34.4 Å². The Kier molecular flexibility index (Phi) is 5.40. The lowest BCUT2D eigenvalue weighted by molar-refractivity contribution is 0.0965. The first-order valence-electron chi connectivity index (χ1n) is 6.04. The Morgan fingerprint density at radius 2 is 1.81 bits per heavy atom. The van der Waals surface area contributed by atoms with Gasteiger partial charge in [0.25, 0.3) is 0 Å². The maximum absolute atomic E-state index is 5.57. The standard InChI is InChI=1S/C11H25NO3Si/c1-6-12-9-7-8-11(12)10(2)16(13-3,14-4)15-5/h10-11H,6-9H2,1-5H3. The van der Waals surface area contributed by atoms with Crippen LogP contribution in [0.2, 0.25) is 5.54 Å². The summed E-state index contributed by atoms with van der Waals surface area (Å²) in [5.41, 5.74) is 0.329. The molecule has 1 aliphatic heterocycles. The Morgan fingerprint density at radius 3 is 2.25 bits per heavy atom. The fourth-order valence-electron chi connectivity index (χ4n) is 2.85. The number of nitrogens with zero attached hydrogens (tertiary/aromatic N) is 1. The van der Waals surface area contributed by atoms with Crippen LogP contribution >= 0.6 is 0 Å². The predicted molar refractivity (Wildman–Crippen MR) is 66.5 cm³/mol. The maximum atomic E-state index is 5.57. The molecular formula is C11H25NO3Si. The molecule has 0 N–H and O–H groups in total. The summed E-state index contributed by atoms with van der Waals surface area (Å²) < 4.78 is 16.7. The fourth-order valence-corrected chi connectivity index (χ4v) is 5.32. The molecule has 4 nitrogen and oxygen atoms in total. The van der Waals surface area contributed by atoms with Gasteiger partial charge in [-0.05, 0) is 25.9 Å². The van der Waals surface area contributed by atoms with Gasteiger partial charge < -0.3 is 18.2 Å². The van der Waals surface area contributed by atoms with E-state index in [9.17, 15) is 0 Å². The fraction of sp³-hybridized carbons (Fsp3) is 1.00. The Bertz CT molecular complexity index is 203. The van der Waals surface area contributed by atoms with Crippen molar-refractivity contribution in [3.05, 3.63) is 0 Å². The number of rotatable bonds is 6. The van der Waals surface area contributed by atoms with Crippen LogP contribution in [0.15, 0.2) is 0 Å². The van der Waals surface area contributed by atoms with Crippen molar-refractivity contribution in [2.45, 2.75) is 38.3 Å². The summed E-state index contributed by atoms with van der Waals surface area (Å²) in [7, 11) is 2.60. The second kappa shape index (κ2) is 6.12. The zero-order chi connectivity index (χ0) is 12.2. The molecule has 1 fully saturated rings. The van der Waals surface area contributed by atoms with Gasteiger partial charge in [-0.1, -0.05) is 13.8 Å². The highest BCUT2D eigenvalue weighted by Gasteiger charge is 2.50. The SMILES string of the molecule is CCN1CCCC1C(C)[Si](OC)(OC)OC. The summed E-state index contributed by atoms with van der Waals surface area (Å²) in [6, 6.07) is 0.538. The van der Waals surface area contributed by atoms with Crippen molar-refractivity contribution in [3.8, 4) is 0 Å². The lowest BCUT2D eigenvalue weighted by Crippen LogP contribution is -2.53. The van der Waals surface area contributed by atoms with Crippen molar-refractivity contribution >= 4 is 8.80 Å². The molecule has 1 saturated heterocycles. The molecule has 2 atom stereocenters. The van der Waals surface area contributed by atoms with Gasteiger partial charge in [-0.15, -0.1) is 0 Å². The average molecular weight is 247 g/mol. The quantitative estimate of drug-likeness (QED) is 0.669. The molecule has 1 aliphatic rings. The summed E-state index contributed by atoms with van der Waals surface area (Å²) in [4.78, 5) is 2.50. The third kappa shape index (κ3) is 2.48. The van der Waals surface area contributed by atoms with E-state index in [1.807, 2.05) is 0 Å². The van der Waals surface area contributed by atoms with Crippen molar-refractivity contribution < 1.29 is 13.3 Å². The lowest BCUT2D eigenvalue weighted by atomic mass is 10.1. The number of hydrogen-bond donors (Lipinski definition) is 0. The van der Waals surface area contributed by atoms with Crippen LogP contribution in [0.5, 0.6) is 0 Å². The molecule has 0 saturated carbocycles. The summed E-state index contributed by atoms with van der Waals surface area (Å²) >= 11 is 0. The number of likely N-dealkylation sites (tertiary alicyclic amines) is 1. The molecule has 0 bridgehead atoms.